The van der Waals surface area contributed by atoms with Gasteiger partial charge in [-0.05, 0) is 37.5 Å². The molecule has 1 N–H and O–H groups in total. The van der Waals surface area contributed by atoms with Crippen LogP contribution in [0.1, 0.15) is 26.3 Å². The molecule has 6 heteroatoms. The van der Waals surface area contributed by atoms with Gasteiger partial charge in [0, 0.05) is 5.75 Å². The third-order valence-electron chi connectivity index (χ3n) is 3.91. The predicted molar refractivity (Wildman–Crippen MR) is 109 cm³/mol. The number of benzene rings is 2. The Morgan fingerprint density at radius 1 is 1.07 bits per heavy atom. The van der Waals surface area contributed by atoms with Gasteiger partial charge in [0.25, 0.3) is 0 Å². The highest BCUT2D eigenvalue weighted by Gasteiger charge is 2.32. The Labute approximate surface area is 165 Å². The minimum absolute atomic E-state index is 0.0118. The summed E-state index contributed by atoms with van der Waals surface area (Å²) in [6.07, 6.45) is -0.674. The maximum Gasteiger partial charge on any atom is 0.411 e. The van der Waals surface area contributed by atoms with Crippen molar-refractivity contribution in [1.82, 2.24) is 4.90 Å². The van der Waals surface area contributed by atoms with Gasteiger partial charge in [-0.1, -0.05) is 54.6 Å². The third kappa shape index (κ3) is 5.76. The Morgan fingerprint density at radius 3 is 2.22 bits per heavy atom. The molecule has 1 atom stereocenters. The molecule has 0 aliphatic carbocycles. The van der Waals surface area contributed by atoms with Crippen LogP contribution in [0.2, 0.25) is 0 Å². The number of nitrogens with zero attached hydrogens (tertiary/aromatic N) is 1. The molecule has 144 valence electrons. The fourth-order valence-corrected chi connectivity index (χ4v) is 3.03. The second kappa shape index (κ2) is 8.95. The van der Waals surface area contributed by atoms with Crippen LogP contribution in [-0.4, -0.2) is 39.5 Å². The van der Waals surface area contributed by atoms with Gasteiger partial charge in [-0.15, -0.1) is 0 Å². The van der Waals surface area contributed by atoms with Crippen molar-refractivity contribution in [2.45, 2.75) is 39.0 Å². The first kappa shape index (κ1) is 20.8. The highest BCUT2D eigenvalue weighted by Crippen LogP contribution is 2.26. The predicted octanol–water partition coefficient (Wildman–Crippen LogP) is 4.47. The summed E-state index contributed by atoms with van der Waals surface area (Å²) in [4.78, 5) is 25.6. The largest absolute Gasteiger partial charge is 0.480 e. The standard InChI is InChI=1S/C21H25NO4S/c1-21(2,3)26-20(25)22(18(14-27)19(23)24)13-16-11-7-8-12-17(16)15-9-5-4-6-10-15/h4-12,18,27H,13-14H2,1-3H3,(H,23,24)/t18-/m1/s1. The molecule has 0 saturated heterocycles. The van der Waals surface area contributed by atoms with E-state index in [1.165, 1.54) is 4.90 Å². The van der Waals surface area contributed by atoms with Gasteiger partial charge < -0.3 is 9.84 Å². The highest BCUT2D eigenvalue weighted by atomic mass is 32.1. The van der Waals surface area contributed by atoms with Gasteiger partial charge in [-0.2, -0.15) is 12.6 Å². The van der Waals surface area contributed by atoms with Gasteiger partial charge in [0.1, 0.15) is 11.6 Å². The molecule has 0 unspecified atom stereocenters. The Balaban J connectivity index is 2.41. The number of hydrogen-bond acceptors (Lipinski definition) is 4. The summed E-state index contributed by atoms with van der Waals surface area (Å²) in [5, 5.41) is 9.56. The molecule has 0 spiro atoms. The van der Waals surface area contributed by atoms with E-state index in [2.05, 4.69) is 12.6 Å². The van der Waals surface area contributed by atoms with Crippen molar-refractivity contribution < 1.29 is 19.4 Å². The first-order valence-electron chi connectivity index (χ1n) is 8.69. The lowest BCUT2D eigenvalue weighted by molar-refractivity contribution is -0.142. The van der Waals surface area contributed by atoms with Crippen LogP contribution in [0, 0.1) is 0 Å². The van der Waals surface area contributed by atoms with Crippen molar-refractivity contribution in [3.8, 4) is 11.1 Å². The van der Waals surface area contributed by atoms with Gasteiger partial charge in [-0.3, -0.25) is 4.90 Å². The van der Waals surface area contributed by atoms with Crippen LogP contribution >= 0.6 is 12.6 Å². The normalized spacial score (nSPS) is 12.3. The molecule has 2 rings (SSSR count). The van der Waals surface area contributed by atoms with E-state index in [1.54, 1.807) is 20.8 Å². The van der Waals surface area contributed by atoms with Crippen molar-refractivity contribution in [2.24, 2.45) is 0 Å². The van der Waals surface area contributed by atoms with Gasteiger partial charge in [0.15, 0.2) is 0 Å². The Morgan fingerprint density at radius 2 is 1.67 bits per heavy atom. The molecule has 5 nitrogen and oxygen atoms in total. The smallest absolute Gasteiger partial charge is 0.411 e. The molecule has 0 saturated carbocycles. The molecule has 0 radical (unpaired) electrons. The van der Waals surface area contributed by atoms with E-state index in [0.717, 1.165) is 16.7 Å². The number of carbonyl (C=O) groups is 2. The SMILES string of the molecule is CC(C)(C)OC(=O)N(Cc1ccccc1-c1ccccc1)[C@H](CS)C(=O)O. The van der Waals surface area contributed by atoms with Crippen molar-refractivity contribution in [3.05, 3.63) is 60.2 Å². The van der Waals surface area contributed by atoms with Crippen molar-refractivity contribution >= 4 is 24.7 Å². The van der Waals surface area contributed by atoms with E-state index >= 15 is 0 Å². The molecule has 0 fully saturated rings. The summed E-state index contributed by atoms with van der Waals surface area (Å²) in [7, 11) is 0. The first-order valence-corrected chi connectivity index (χ1v) is 9.33. The third-order valence-corrected chi connectivity index (χ3v) is 4.25. The number of amides is 1. The van der Waals surface area contributed by atoms with E-state index in [4.69, 9.17) is 4.74 Å². The van der Waals surface area contributed by atoms with E-state index in [-0.39, 0.29) is 12.3 Å². The first-order chi connectivity index (χ1) is 12.7. The van der Waals surface area contributed by atoms with Gasteiger partial charge in [0.05, 0.1) is 6.54 Å². The van der Waals surface area contributed by atoms with E-state index in [1.807, 2.05) is 54.6 Å². The van der Waals surface area contributed by atoms with Crippen molar-refractivity contribution in [2.75, 3.05) is 5.75 Å². The molecular weight excluding hydrogens is 362 g/mol. The van der Waals surface area contributed by atoms with Gasteiger partial charge in [0.2, 0.25) is 0 Å². The number of carboxylic acid groups (broad SMARTS) is 1. The Hall–Kier alpha value is -2.47. The summed E-state index contributed by atoms with van der Waals surface area (Å²) in [5.74, 6) is -1.13. The zero-order chi connectivity index (χ0) is 20.0. The minimum atomic E-state index is -1.12. The molecule has 0 bridgehead atoms. The average Bonchev–Trinajstić information content (AvgIpc) is 2.61. The lowest BCUT2D eigenvalue weighted by Gasteiger charge is -2.31. The maximum absolute atomic E-state index is 12.7. The summed E-state index contributed by atoms with van der Waals surface area (Å²) >= 11 is 4.13. The van der Waals surface area contributed by atoms with Crippen LogP contribution in [0.5, 0.6) is 0 Å². The molecular formula is C21H25NO4S. The molecule has 1 amide bonds. The van der Waals surface area contributed by atoms with E-state index in [0.29, 0.717) is 0 Å². The quantitative estimate of drug-likeness (QED) is 0.718. The number of aliphatic carboxylic acids is 1. The van der Waals surface area contributed by atoms with E-state index in [9.17, 15) is 14.7 Å². The van der Waals surface area contributed by atoms with Crippen LogP contribution in [0.3, 0.4) is 0 Å². The molecule has 0 aliphatic rings. The molecule has 0 heterocycles. The maximum atomic E-state index is 12.7. The summed E-state index contributed by atoms with van der Waals surface area (Å²) in [6, 6.07) is 16.3. The lowest BCUT2D eigenvalue weighted by Crippen LogP contribution is -2.47. The number of carboxylic acids is 1. The summed E-state index contributed by atoms with van der Waals surface area (Å²) in [5.41, 5.74) is 2.04. The number of rotatable bonds is 6. The molecule has 2 aromatic carbocycles. The fraction of sp³-hybridized carbons (Fsp3) is 0.333. The van der Waals surface area contributed by atoms with Gasteiger partial charge >= 0.3 is 12.1 Å². The monoisotopic (exact) mass is 387 g/mol. The van der Waals surface area contributed by atoms with Crippen LogP contribution < -0.4 is 0 Å². The minimum Gasteiger partial charge on any atom is -0.480 e. The number of thiol groups is 1. The number of carbonyl (C=O) groups excluding carboxylic acids is 1. The summed E-state index contributed by atoms with van der Waals surface area (Å²) < 4.78 is 5.44. The zero-order valence-electron chi connectivity index (χ0n) is 15.8. The lowest BCUT2D eigenvalue weighted by atomic mass is 9.99. The molecule has 0 aromatic heterocycles. The molecule has 27 heavy (non-hydrogen) atoms. The van der Waals surface area contributed by atoms with Crippen LogP contribution in [0.15, 0.2) is 54.6 Å². The zero-order valence-corrected chi connectivity index (χ0v) is 16.6. The average molecular weight is 388 g/mol. The van der Waals surface area contributed by atoms with Crippen LogP contribution in [0.4, 0.5) is 4.79 Å². The van der Waals surface area contributed by atoms with Crippen LogP contribution in [0.25, 0.3) is 11.1 Å². The second-order valence-corrected chi connectivity index (χ2v) is 7.53. The van der Waals surface area contributed by atoms with Crippen LogP contribution in [-0.2, 0) is 16.1 Å². The fourth-order valence-electron chi connectivity index (χ4n) is 2.67. The topological polar surface area (TPSA) is 66.8 Å². The second-order valence-electron chi connectivity index (χ2n) is 7.17. The highest BCUT2D eigenvalue weighted by molar-refractivity contribution is 7.80. The van der Waals surface area contributed by atoms with Gasteiger partial charge in [-0.25, -0.2) is 9.59 Å². The molecule has 2 aromatic rings. The van der Waals surface area contributed by atoms with Crippen molar-refractivity contribution in [3.63, 3.8) is 0 Å². The van der Waals surface area contributed by atoms with Crippen molar-refractivity contribution in [1.29, 1.82) is 0 Å². The number of ether oxygens (including phenoxy) is 1. The Bertz CT molecular complexity index is 786. The molecule has 0 aliphatic heterocycles. The Kier molecular flexibility index (Phi) is 6.91. The summed E-state index contributed by atoms with van der Waals surface area (Å²) in [6.45, 7) is 5.35. The number of hydrogen-bond donors (Lipinski definition) is 2. The van der Waals surface area contributed by atoms with E-state index < -0.39 is 23.7 Å².